The lowest BCUT2D eigenvalue weighted by molar-refractivity contribution is 0.320. The fraction of sp³-hybridized carbons (Fsp3) is 0.600. The van der Waals surface area contributed by atoms with Crippen LogP contribution in [-0.2, 0) is 11.2 Å². The molecule has 1 fully saturated rings. The molecule has 2 rings (SSSR count). The molecule has 0 amide bonds. The zero-order chi connectivity index (χ0) is 13.8. The second-order valence-electron chi connectivity index (χ2n) is 4.67. The fourth-order valence-corrected chi connectivity index (χ4v) is 2.40. The van der Waals surface area contributed by atoms with Crippen molar-refractivity contribution in [1.29, 1.82) is 0 Å². The predicted octanol–water partition coefficient (Wildman–Crippen LogP) is 3.86. The summed E-state index contributed by atoms with van der Waals surface area (Å²) in [6.45, 7) is 7.25. The van der Waals surface area contributed by atoms with Crippen LogP contribution in [0.5, 0.6) is 11.5 Å². The number of epoxide rings is 1. The lowest BCUT2D eigenvalue weighted by Gasteiger charge is -2.14. The zero-order valence-corrected chi connectivity index (χ0v) is 12.5. The molecule has 2 unspecified atom stereocenters. The monoisotopic (exact) mass is 284 g/mol. The highest BCUT2D eigenvalue weighted by atomic mass is 35.5. The van der Waals surface area contributed by atoms with E-state index in [4.69, 9.17) is 25.8 Å². The van der Waals surface area contributed by atoms with Crippen molar-refractivity contribution in [2.75, 3.05) is 13.2 Å². The van der Waals surface area contributed by atoms with Crippen molar-refractivity contribution < 1.29 is 14.2 Å². The van der Waals surface area contributed by atoms with Gasteiger partial charge in [0.2, 0.25) is 0 Å². The van der Waals surface area contributed by atoms with Gasteiger partial charge in [0.05, 0.1) is 30.4 Å². The van der Waals surface area contributed by atoms with Gasteiger partial charge in [-0.25, -0.2) is 0 Å². The Balaban J connectivity index is 2.12. The van der Waals surface area contributed by atoms with Crippen LogP contribution < -0.4 is 9.47 Å². The SMILES string of the molecule is CCOc1cc(OCC)c(CCC2OC2C)cc1Cl. The van der Waals surface area contributed by atoms with E-state index in [9.17, 15) is 0 Å². The Morgan fingerprint density at radius 2 is 1.79 bits per heavy atom. The summed E-state index contributed by atoms with van der Waals surface area (Å²) < 4.78 is 16.6. The summed E-state index contributed by atoms with van der Waals surface area (Å²) in [6.07, 6.45) is 2.70. The average molecular weight is 285 g/mol. The molecule has 1 aliphatic heterocycles. The predicted molar refractivity (Wildman–Crippen MR) is 76.4 cm³/mol. The van der Waals surface area contributed by atoms with E-state index in [1.165, 1.54) is 0 Å². The quantitative estimate of drug-likeness (QED) is 0.713. The zero-order valence-electron chi connectivity index (χ0n) is 11.7. The molecular weight excluding hydrogens is 264 g/mol. The van der Waals surface area contributed by atoms with Gasteiger partial charge in [0.15, 0.2) is 0 Å². The molecule has 1 aromatic rings. The summed E-state index contributed by atoms with van der Waals surface area (Å²) in [5, 5.41) is 0.644. The molecule has 0 spiro atoms. The van der Waals surface area contributed by atoms with E-state index in [1.807, 2.05) is 26.0 Å². The van der Waals surface area contributed by atoms with Gasteiger partial charge in [-0.3, -0.25) is 0 Å². The Labute approximate surface area is 119 Å². The standard InChI is InChI=1S/C15H21ClO3/c1-4-17-14-9-15(18-5-2)12(16)8-11(14)6-7-13-10(3)19-13/h8-10,13H,4-7H2,1-3H3. The fourth-order valence-electron chi connectivity index (χ4n) is 2.16. The van der Waals surface area contributed by atoms with E-state index in [0.717, 1.165) is 24.2 Å². The second kappa shape index (κ2) is 6.49. The minimum atomic E-state index is 0.389. The smallest absolute Gasteiger partial charge is 0.141 e. The third kappa shape index (κ3) is 3.77. The maximum absolute atomic E-state index is 6.23. The van der Waals surface area contributed by atoms with E-state index < -0.39 is 0 Å². The Hall–Kier alpha value is -0.930. The first kappa shape index (κ1) is 14.5. The molecule has 0 bridgehead atoms. The Kier molecular flexibility index (Phi) is 4.94. The first-order valence-corrected chi connectivity index (χ1v) is 7.27. The highest BCUT2D eigenvalue weighted by Gasteiger charge is 2.33. The van der Waals surface area contributed by atoms with Gasteiger partial charge in [-0.05, 0) is 45.2 Å². The van der Waals surface area contributed by atoms with E-state index in [1.54, 1.807) is 0 Å². The molecular formula is C15H21ClO3. The van der Waals surface area contributed by atoms with Gasteiger partial charge in [-0.2, -0.15) is 0 Å². The number of ether oxygens (including phenoxy) is 3. The molecule has 0 radical (unpaired) electrons. The van der Waals surface area contributed by atoms with Crippen molar-refractivity contribution in [2.45, 2.75) is 45.8 Å². The third-order valence-electron chi connectivity index (χ3n) is 3.25. The van der Waals surface area contributed by atoms with Gasteiger partial charge in [-0.15, -0.1) is 0 Å². The van der Waals surface area contributed by atoms with E-state index in [0.29, 0.717) is 36.2 Å². The van der Waals surface area contributed by atoms with Crippen molar-refractivity contribution in [2.24, 2.45) is 0 Å². The highest BCUT2D eigenvalue weighted by molar-refractivity contribution is 6.32. The summed E-state index contributed by atoms with van der Waals surface area (Å²) in [7, 11) is 0. The number of rotatable bonds is 7. The Morgan fingerprint density at radius 1 is 1.16 bits per heavy atom. The first-order valence-electron chi connectivity index (χ1n) is 6.89. The van der Waals surface area contributed by atoms with Crippen molar-refractivity contribution in [3.63, 3.8) is 0 Å². The van der Waals surface area contributed by atoms with Crippen LogP contribution in [0.25, 0.3) is 0 Å². The van der Waals surface area contributed by atoms with E-state index >= 15 is 0 Å². The highest BCUT2D eigenvalue weighted by Crippen LogP contribution is 2.35. The van der Waals surface area contributed by atoms with Crippen LogP contribution in [0.2, 0.25) is 5.02 Å². The van der Waals surface area contributed by atoms with Crippen LogP contribution in [0, 0.1) is 0 Å². The van der Waals surface area contributed by atoms with Gasteiger partial charge in [0.25, 0.3) is 0 Å². The van der Waals surface area contributed by atoms with Gasteiger partial charge >= 0.3 is 0 Å². The Bertz CT molecular complexity index is 434. The summed E-state index contributed by atoms with van der Waals surface area (Å²) in [5.74, 6) is 1.55. The maximum atomic E-state index is 6.23. The van der Waals surface area contributed by atoms with E-state index in [-0.39, 0.29) is 0 Å². The lowest BCUT2D eigenvalue weighted by Crippen LogP contribution is -2.01. The van der Waals surface area contributed by atoms with Gasteiger partial charge < -0.3 is 14.2 Å². The van der Waals surface area contributed by atoms with Gasteiger partial charge in [0, 0.05) is 6.07 Å². The molecule has 2 atom stereocenters. The lowest BCUT2D eigenvalue weighted by atomic mass is 10.1. The maximum Gasteiger partial charge on any atom is 0.141 e. The van der Waals surface area contributed by atoms with Crippen molar-refractivity contribution in [3.8, 4) is 11.5 Å². The van der Waals surface area contributed by atoms with Gasteiger partial charge in [-0.1, -0.05) is 11.6 Å². The molecule has 4 heteroatoms. The molecule has 1 aromatic carbocycles. The number of benzene rings is 1. The minimum Gasteiger partial charge on any atom is -0.493 e. The largest absolute Gasteiger partial charge is 0.493 e. The topological polar surface area (TPSA) is 31.0 Å². The van der Waals surface area contributed by atoms with Crippen molar-refractivity contribution in [1.82, 2.24) is 0 Å². The van der Waals surface area contributed by atoms with Crippen molar-refractivity contribution in [3.05, 3.63) is 22.7 Å². The third-order valence-corrected chi connectivity index (χ3v) is 3.54. The molecule has 19 heavy (non-hydrogen) atoms. The number of hydrogen-bond donors (Lipinski definition) is 0. The molecule has 0 aliphatic carbocycles. The molecule has 1 saturated heterocycles. The molecule has 106 valence electrons. The molecule has 0 N–H and O–H groups in total. The van der Waals surface area contributed by atoms with Gasteiger partial charge in [0.1, 0.15) is 11.5 Å². The van der Waals surface area contributed by atoms with Crippen LogP contribution in [0.1, 0.15) is 32.8 Å². The summed E-state index contributed by atoms with van der Waals surface area (Å²) in [4.78, 5) is 0. The van der Waals surface area contributed by atoms with Crippen LogP contribution in [-0.4, -0.2) is 25.4 Å². The summed E-state index contributed by atoms with van der Waals surface area (Å²) in [6, 6.07) is 3.84. The minimum absolute atomic E-state index is 0.389. The second-order valence-corrected chi connectivity index (χ2v) is 5.08. The van der Waals surface area contributed by atoms with Crippen LogP contribution in [0.3, 0.4) is 0 Å². The molecule has 3 nitrogen and oxygen atoms in total. The van der Waals surface area contributed by atoms with Crippen molar-refractivity contribution >= 4 is 11.6 Å². The summed E-state index contributed by atoms with van der Waals surface area (Å²) in [5.41, 5.74) is 1.12. The Morgan fingerprint density at radius 3 is 2.37 bits per heavy atom. The summed E-state index contributed by atoms with van der Waals surface area (Å²) >= 11 is 6.23. The number of aryl methyl sites for hydroxylation is 1. The molecule has 0 saturated carbocycles. The first-order chi connectivity index (χ1) is 9.15. The van der Waals surface area contributed by atoms with Crippen LogP contribution >= 0.6 is 11.6 Å². The average Bonchev–Trinajstić information content (AvgIpc) is 3.08. The number of halogens is 1. The molecule has 0 aromatic heterocycles. The van der Waals surface area contributed by atoms with Crippen LogP contribution in [0.4, 0.5) is 0 Å². The van der Waals surface area contributed by atoms with E-state index in [2.05, 4.69) is 6.92 Å². The normalized spacial score (nSPS) is 21.3. The number of hydrogen-bond acceptors (Lipinski definition) is 3. The molecule has 1 aliphatic rings. The van der Waals surface area contributed by atoms with Crippen LogP contribution in [0.15, 0.2) is 12.1 Å². The molecule has 1 heterocycles.